The second-order valence-electron chi connectivity index (χ2n) is 6.98. The van der Waals surface area contributed by atoms with Gasteiger partial charge in [0.2, 0.25) is 0 Å². The lowest BCUT2D eigenvalue weighted by Gasteiger charge is -2.28. The summed E-state index contributed by atoms with van der Waals surface area (Å²) in [7, 11) is 1.37. The fourth-order valence-corrected chi connectivity index (χ4v) is 2.13. The van der Waals surface area contributed by atoms with E-state index >= 15 is 0 Å². The molecule has 2 N–H and O–H groups in total. The summed E-state index contributed by atoms with van der Waals surface area (Å²) in [6, 6.07) is -0.436. The van der Waals surface area contributed by atoms with Gasteiger partial charge in [0.25, 0.3) is 0 Å². The molecule has 0 radical (unpaired) electrons. The van der Waals surface area contributed by atoms with E-state index in [1.807, 2.05) is 27.7 Å². The zero-order valence-electron chi connectivity index (χ0n) is 15.7. The van der Waals surface area contributed by atoms with Crippen molar-refractivity contribution >= 4 is 12.1 Å². The fourth-order valence-electron chi connectivity index (χ4n) is 2.13. The maximum atomic E-state index is 12.0. The molecule has 0 aliphatic rings. The molecule has 23 heavy (non-hydrogen) atoms. The van der Waals surface area contributed by atoms with Crippen LogP contribution in [0.2, 0.25) is 0 Å². The first-order chi connectivity index (χ1) is 10.6. The van der Waals surface area contributed by atoms with Crippen LogP contribution in [0.15, 0.2) is 0 Å². The molecule has 3 unspecified atom stereocenters. The van der Waals surface area contributed by atoms with Crippen molar-refractivity contribution in [3.8, 4) is 0 Å². The summed E-state index contributed by atoms with van der Waals surface area (Å²) in [5, 5.41) is 6.03. The zero-order valence-corrected chi connectivity index (χ0v) is 15.7. The van der Waals surface area contributed by atoms with Crippen LogP contribution in [-0.4, -0.2) is 37.0 Å². The number of rotatable bonds is 9. The molecule has 6 heteroatoms. The summed E-state index contributed by atoms with van der Waals surface area (Å²) in [5.74, 6) is 0.0920. The Bertz CT molecular complexity index is 366. The Labute approximate surface area is 140 Å². The second-order valence-corrected chi connectivity index (χ2v) is 6.98. The largest absolute Gasteiger partial charge is 0.468 e. The molecular formula is C17H34N2O4. The molecule has 0 saturated carbocycles. The summed E-state index contributed by atoms with van der Waals surface area (Å²) >= 11 is 0. The van der Waals surface area contributed by atoms with E-state index in [1.54, 1.807) is 0 Å². The molecule has 0 bridgehead atoms. The molecule has 0 aromatic rings. The van der Waals surface area contributed by atoms with Gasteiger partial charge in [0.1, 0.15) is 11.6 Å². The number of carbonyl (C=O) groups is 2. The Kier molecular flexibility index (Phi) is 9.88. The number of carbonyl (C=O) groups excluding carboxylic acids is 2. The number of amides is 1. The van der Waals surface area contributed by atoms with Crippen molar-refractivity contribution in [3.05, 3.63) is 0 Å². The molecular weight excluding hydrogens is 296 g/mol. The summed E-state index contributed by atoms with van der Waals surface area (Å²) in [5.41, 5.74) is -0.559. The number of esters is 1. The molecule has 0 saturated heterocycles. The number of methoxy groups -OCH3 is 1. The van der Waals surface area contributed by atoms with Crippen molar-refractivity contribution in [2.45, 2.75) is 85.0 Å². The number of alkyl carbamates (subject to hydrolysis) is 1. The highest BCUT2D eigenvalue weighted by Gasteiger charge is 2.26. The Morgan fingerprint density at radius 3 is 2.22 bits per heavy atom. The van der Waals surface area contributed by atoms with Crippen LogP contribution in [0.1, 0.15) is 67.2 Å². The third-order valence-corrected chi connectivity index (χ3v) is 3.49. The normalized spacial score (nSPS) is 15.4. The van der Waals surface area contributed by atoms with Crippen LogP contribution >= 0.6 is 0 Å². The summed E-state index contributed by atoms with van der Waals surface area (Å²) < 4.78 is 10.1. The van der Waals surface area contributed by atoms with E-state index in [-0.39, 0.29) is 12.1 Å². The molecule has 0 fully saturated rings. The maximum absolute atomic E-state index is 12.0. The Balaban J connectivity index is 4.90. The topological polar surface area (TPSA) is 76.7 Å². The number of hydrogen-bond acceptors (Lipinski definition) is 5. The van der Waals surface area contributed by atoms with Crippen LogP contribution in [0.5, 0.6) is 0 Å². The van der Waals surface area contributed by atoms with Crippen molar-refractivity contribution in [1.82, 2.24) is 10.6 Å². The highest BCUT2D eigenvalue weighted by Crippen LogP contribution is 2.12. The molecule has 0 heterocycles. The Hall–Kier alpha value is -1.30. The van der Waals surface area contributed by atoms with Crippen molar-refractivity contribution in [2.75, 3.05) is 7.11 Å². The van der Waals surface area contributed by atoms with E-state index in [9.17, 15) is 9.59 Å². The molecule has 0 aliphatic heterocycles. The third-order valence-electron chi connectivity index (χ3n) is 3.49. The van der Waals surface area contributed by atoms with E-state index < -0.39 is 17.7 Å². The van der Waals surface area contributed by atoms with Gasteiger partial charge in [0.15, 0.2) is 0 Å². The number of nitrogens with one attached hydrogen (secondary N) is 2. The first-order valence-corrected chi connectivity index (χ1v) is 8.46. The first-order valence-electron chi connectivity index (χ1n) is 8.46. The fraction of sp³-hybridized carbons (Fsp3) is 0.882. The number of ether oxygens (including phenoxy) is 2. The standard InChI is InChI=1S/C17H34N2O4/c1-8-10-13(15(20)22-7)18-14(11-12(3)9-2)19-16(21)23-17(4,5)6/h12-14,18H,8-11H2,1-7H3,(H,19,21). The monoisotopic (exact) mass is 330 g/mol. The van der Waals surface area contributed by atoms with Gasteiger partial charge in [-0.15, -0.1) is 0 Å². The summed E-state index contributed by atoms with van der Waals surface area (Å²) in [4.78, 5) is 23.9. The lowest BCUT2D eigenvalue weighted by atomic mass is 10.0. The van der Waals surface area contributed by atoms with Gasteiger partial charge in [-0.3, -0.25) is 10.1 Å². The second kappa shape index (κ2) is 10.5. The predicted octanol–water partition coefficient (Wildman–Crippen LogP) is 3.20. The van der Waals surface area contributed by atoms with Crippen molar-refractivity contribution in [2.24, 2.45) is 5.92 Å². The molecule has 3 atom stereocenters. The van der Waals surface area contributed by atoms with Crippen LogP contribution in [-0.2, 0) is 14.3 Å². The highest BCUT2D eigenvalue weighted by molar-refractivity contribution is 5.75. The molecule has 1 amide bonds. The van der Waals surface area contributed by atoms with E-state index in [4.69, 9.17) is 9.47 Å². The maximum Gasteiger partial charge on any atom is 0.408 e. The van der Waals surface area contributed by atoms with E-state index in [0.29, 0.717) is 18.8 Å². The van der Waals surface area contributed by atoms with Crippen LogP contribution in [0.3, 0.4) is 0 Å². The molecule has 0 spiro atoms. The van der Waals surface area contributed by atoms with Gasteiger partial charge in [0.05, 0.1) is 13.3 Å². The SMILES string of the molecule is CCCC(NC(CC(C)CC)NC(=O)OC(C)(C)C)C(=O)OC. The Morgan fingerprint density at radius 1 is 1.17 bits per heavy atom. The average molecular weight is 330 g/mol. The van der Waals surface area contributed by atoms with Crippen molar-refractivity contribution < 1.29 is 19.1 Å². The van der Waals surface area contributed by atoms with Crippen molar-refractivity contribution in [3.63, 3.8) is 0 Å². The van der Waals surface area contributed by atoms with E-state index in [2.05, 4.69) is 24.5 Å². The minimum Gasteiger partial charge on any atom is -0.468 e. The van der Waals surface area contributed by atoms with Gasteiger partial charge in [0, 0.05) is 0 Å². The highest BCUT2D eigenvalue weighted by atomic mass is 16.6. The van der Waals surface area contributed by atoms with E-state index in [1.165, 1.54) is 7.11 Å². The van der Waals surface area contributed by atoms with Crippen LogP contribution in [0, 0.1) is 5.92 Å². The first kappa shape index (κ1) is 21.7. The molecule has 0 aromatic heterocycles. The minimum absolute atomic E-state index is 0.313. The molecule has 0 aliphatic carbocycles. The van der Waals surface area contributed by atoms with Gasteiger partial charge in [-0.05, 0) is 39.5 Å². The van der Waals surface area contributed by atoms with Crippen LogP contribution < -0.4 is 10.6 Å². The van der Waals surface area contributed by atoms with Crippen LogP contribution in [0.25, 0.3) is 0 Å². The quantitative estimate of drug-likeness (QED) is 0.501. The molecule has 136 valence electrons. The van der Waals surface area contributed by atoms with Gasteiger partial charge in [-0.25, -0.2) is 4.79 Å². The van der Waals surface area contributed by atoms with Gasteiger partial charge >= 0.3 is 12.1 Å². The van der Waals surface area contributed by atoms with Gasteiger partial charge in [-0.1, -0.05) is 33.6 Å². The van der Waals surface area contributed by atoms with Gasteiger partial charge < -0.3 is 14.8 Å². The predicted molar refractivity (Wildman–Crippen MR) is 91.1 cm³/mol. The van der Waals surface area contributed by atoms with Gasteiger partial charge in [-0.2, -0.15) is 0 Å². The minimum atomic E-state index is -0.559. The molecule has 0 rings (SSSR count). The van der Waals surface area contributed by atoms with E-state index in [0.717, 1.165) is 12.8 Å². The van der Waals surface area contributed by atoms with Crippen LogP contribution in [0.4, 0.5) is 4.79 Å². The zero-order chi connectivity index (χ0) is 18.0. The molecule has 0 aromatic carbocycles. The molecule has 6 nitrogen and oxygen atoms in total. The smallest absolute Gasteiger partial charge is 0.408 e. The lowest BCUT2D eigenvalue weighted by molar-refractivity contribution is -0.143. The Morgan fingerprint density at radius 2 is 1.78 bits per heavy atom. The number of hydrogen-bond donors (Lipinski definition) is 2. The summed E-state index contributed by atoms with van der Waals surface area (Å²) in [6.45, 7) is 11.7. The lowest BCUT2D eigenvalue weighted by Crippen LogP contribution is -2.53. The summed E-state index contributed by atoms with van der Waals surface area (Å²) in [6.07, 6.45) is 2.38. The third kappa shape index (κ3) is 10.2. The van der Waals surface area contributed by atoms with Crippen molar-refractivity contribution in [1.29, 1.82) is 0 Å². The average Bonchev–Trinajstić information content (AvgIpc) is 2.43.